The molecule has 1 aliphatic rings. The summed E-state index contributed by atoms with van der Waals surface area (Å²) in [6.07, 6.45) is 3.88. The molecule has 0 radical (unpaired) electrons. The fraction of sp³-hybridized carbons (Fsp3) is 0.375. The van der Waals surface area contributed by atoms with Gasteiger partial charge in [-0.15, -0.1) is 0 Å². The van der Waals surface area contributed by atoms with Gasteiger partial charge in [-0.1, -0.05) is 24.3 Å². The molecule has 1 aromatic heterocycles. The number of rotatable bonds is 2. The summed E-state index contributed by atoms with van der Waals surface area (Å²) in [6.45, 7) is 3.14. The van der Waals surface area contributed by atoms with Crippen molar-refractivity contribution in [3.8, 4) is 17.5 Å². The zero-order valence-corrected chi connectivity index (χ0v) is 11.2. The van der Waals surface area contributed by atoms with E-state index in [1.54, 1.807) is 0 Å². The number of benzene rings is 1. The normalized spacial score (nSPS) is 13.9. The highest BCUT2D eigenvalue weighted by molar-refractivity contribution is 5.61. The van der Waals surface area contributed by atoms with E-state index in [0.29, 0.717) is 6.42 Å². The average molecular weight is 251 g/mol. The van der Waals surface area contributed by atoms with Crippen LogP contribution in [-0.4, -0.2) is 9.55 Å². The van der Waals surface area contributed by atoms with Crippen LogP contribution in [0.15, 0.2) is 24.3 Å². The van der Waals surface area contributed by atoms with Crippen molar-refractivity contribution >= 4 is 0 Å². The van der Waals surface area contributed by atoms with Crippen LogP contribution in [0.25, 0.3) is 11.4 Å². The molecule has 0 N–H and O–H groups in total. The van der Waals surface area contributed by atoms with Gasteiger partial charge in [0.2, 0.25) is 0 Å². The smallest absolute Gasteiger partial charge is 0.140 e. The lowest BCUT2D eigenvalue weighted by molar-refractivity contribution is 0.534. The van der Waals surface area contributed by atoms with Gasteiger partial charge in [0.15, 0.2) is 0 Å². The van der Waals surface area contributed by atoms with E-state index >= 15 is 0 Å². The van der Waals surface area contributed by atoms with Gasteiger partial charge < -0.3 is 4.57 Å². The molecule has 0 saturated heterocycles. The monoisotopic (exact) mass is 251 g/mol. The van der Waals surface area contributed by atoms with Crippen LogP contribution < -0.4 is 0 Å². The van der Waals surface area contributed by atoms with Crippen molar-refractivity contribution < 1.29 is 0 Å². The Bertz CT molecular complexity index is 646. The molecule has 96 valence electrons. The second kappa shape index (κ2) is 4.89. The minimum absolute atomic E-state index is 0.418. The third-order valence-electron chi connectivity index (χ3n) is 3.83. The molecule has 3 nitrogen and oxygen atoms in total. The molecule has 2 heterocycles. The molecule has 0 spiro atoms. The first-order chi connectivity index (χ1) is 9.31. The second-order valence-electron chi connectivity index (χ2n) is 5.09. The standard InChI is InChI=1S/C16H17N3/c1-12-6-2-3-7-13(12)16-18-14(9-10-17)15-8-4-5-11-19(15)16/h2-3,6-7H,4-5,8-9,11H2,1H3. The van der Waals surface area contributed by atoms with Crippen molar-refractivity contribution in [3.05, 3.63) is 41.2 Å². The number of imidazole rings is 1. The Morgan fingerprint density at radius 2 is 2.16 bits per heavy atom. The Morgan fingerprint density at radius 1 is 1.32 bits per heavy atom. The first-order valence-electron chi connectivity index (χ1n) is 6.82. The second-order valence-corrected chi connectivity index (χ2v) is 5.09. The van der Waals surface area contributed by atoms with Gasteiger partial charge >= 0.3 is 0 Å². The molecule has 0 aliphatic carbocycles. The third-order valence-corrected chi connectivity index (χ3v) is 3.83. The Labute approximate surface area is 113 Å². The highest BCUT2D eigenvalue weighted by atomic mass is 15.1. The first kappa shape index (κ1) is 12.0. The fourth-order valence-electron chi connectivity index (χ4n) is 2.86. The molecule has 1 aromatic carbocycles. The van der Waals surface area contributed by atoms with Crippen molar-refractivity contribution in [1.82, 2.24) is 9.55 Å². The molecular formula is C16H17N3. The summed E-state index contributed by atoms with van der Waals surface area (Å²) >= 11 is 0. The van der Waals surface area contributed by atoms with E-state index in [1.807, 2.05) is 0 Å². The van der Waals surface area contributed by atoms with Gasteiger partial charge in [-0.25, -0.2) is 4.98 Å². The molecule has 3 rings (SSSR count). The number of nitrogens with zero attached hydrogens (tertiary/aromatic N) is 3. The third kappa shape index (κ3) is 2.04. The van der Waals surface area contributed by atoms with Crippen LogP contribution in [0, 0.1) is 18.3 Å². The van der Waals surface area contributed by atoms with Crippen molar-refractivity contribution in [3.63, 3.8) is 0 Å². The van der Waals surface area contributed by atoms with E-state index in [-0.39, 0.29) is 0 Å². The van der Waals surface area contributed by atoms with Crippen LogP contribution in [0.4, 0.5) is 0 Å². The van der Waals surface area contributed by atoms with Gasteiger partial charge in [-0.05, 0) is 31.7 Å². The SMILES string of the molecule is Cc1ccccc1-c1nc(CC#N)c2n1CCCC2. The summed E-state index contributed by atoms with van der Waals surface area (Å²) in [4.78, 5) is 4.75. The quantitative estimate of drug-likeness (QED) is 0.822. The van der Waals surface area contributed by atoms with Crippen molar-refractivity contribution in [2.45, 2.75) is 39.2 Å². The molecule has 0 unspecified atom stereocenters. The predicted octanol–water partition coefficient (Wildman–Crippen LogP) is 3.26. The summed E-state index contributed by atoms with van der Waals surface area (Å²) in [5.74, 6) is 1.04. The maximum Gasteiger partial charge on any atom is 0.140 e. The number of aryl methyl sites for hydroxylation is 1. The van der Waals surface area contributed by atoms with Crippen LogP contribution >= 0.6 is 0 Å². The molecule has 19 heavy (non-hydrogen) atoms. The molecule has 3 heteroatoms. The van der Waals surface area contributed by atoms with E-state index in [0.717, 1.165) is 24.5 Å². The zero-order chi connectivity index (χ0) is 13.2. The van der Waals surface area contributed by atoms with E-state index in [9.17, 15) is 0 Å². The minimum Gasteiger partial charge on any atom is -0.328 e. The van der Waals surface area contributed by atoms with Crippen LogP contribution in [0.1, 0.15) is 29.8 Å². The Kier molecular flexibility index (Phi) is 3.08. The Balaban J connectivity index is 2.17. The molecule has 0 fully saturated rings. The minimum atomic E-state index is 0.418. The van der Waals surface area contributed by atoms with Gasteiger partial charge in [0.05, 0.1) is 18.2 Å². The number of nitriles is 1. The van der Waals surface area contributed by atoms with E-state index in [2.05, 4.69) is 41.8 Å². The number of hydrogen-bond acceptors (Lipinski definition) is 2. The topological polar surface area (TPSA) is 41.6 Å². The average Bonchev–Trinajstić information content (AvgIpc) is 2.79. The van der Waals surface area contributed by atoms with Crippen molar-refractivity contribution in [1.29, 1.82) is 5.26 Å². The van der Waals surface area contributed by atoms with Crippen LogP contribution in [0.3, 0.4) is 0 Å². The number of aromatic nitrogens is 2. The highest BCUT2D eigenvalue weighted by Gasteiger charge is 2.21. The molecule has 0 saturated carbocycles. The summed E-state index contributed by atoms with van der Waals surface area (Å²) in [7, 11) is 0. The molecular weight excluding hydrogens is 234 g/mol. The van der Waals surface area contributed by atoms with Crippen LogP contribution in [0.2, 0.25) is 0 Å². The van der Waals surface area contributed by atoms with Gasteiger partial charge in [0, 0.05) is 17.8 Å². The lowest BCUT2D eigenvalue weighted by Gasteiger charge is -2.17. The van der Waals surface area contributed by atoms with Crippen LogP contribution in [-0.2, 0) is 19.4 Å². The maximum absolute atomic E-state index is 8.96. The van der Waals surface area contributed by atoms with Crippen molar-refractivity contribution in [2.24, 2.45) is 0 Å². The fourth-order valence-corrected chi connectivity index (χ4v) is 2.86. The van der Waals surface area contributed by atoms with E-state index < -0.39 is 0 Å². The van der Waals surface area contributed by atoms with Gasteiger partial charge in [-0.2, -0.15) is 5.26 Å². The Morgan fingerprint density at radius 3 is 2.95 bits per heavy atom. The number of hydrogen-bond donors (Lipinski definition) is 0. The predicted molar refractivity (Wildman–Crippen MR) is 74.7 cm³/mol. The van der Waals surface area contributed by atoms with Gasteiger partial charge in [0.25, 0.3) is 0 Å². The molecule has 0 amide bonds. The summed E-state index contributed by atoms with van der Waals surface area (Å²) < 4.78 is 2.32. The van der Waals surface area contributed by atoms with E-state index in [4.69, 9.17) is 10.2 Å². The largest absolute Gasteiger partial charge is 0.328 e. The highest BCUT2D eigenvalue weighted by Crippen LogP contribution is 2.29. The summed E-state index contributed by atoms with van der Waals surface area (Å²) in [5.41, 5.74) is 4.67. The molecule has 0 atom stereocenters. The Hall–Kier alpha value is -2.08. The van der Waals surface area contributed by atoms with Crippen molar-refractivity contribution in [2.75, 3.05) is 0 Å². The van der Waals surface area contributed by atoms with Gasteiger partial charge in [0.1, 0.15) is 5.82 Å². The number of fused-ring (bicyclic) bond motifs is 1. The zero-order valence-electron chi connectivity index (χ0n) is 11.2. The lowest BCUT2D eigenvalue weighted by Crippen LogP contribution is -2.12. The maximum atomic E-state index is 8.96. The van der Waals surface area contributed by atoms with E-state index in [1.165, 1.54) is 29.7 Å². The van der Waals surface area contributed by atoms with Gasteiger partial charge in [-0.3, -0.25) is 0 Å². The molecule has 0 bridgehead atoms. The molecule has 1 aliphatic heterocycles. The first-order valence-corrected chi connectivity index (χ1v) is 6.82. The molecule has 2 aromatic rings. The lowest BCUT2D eigenvalue weighted by atomic mass is 10.1. The summed E-state index contributed by atoms with van der Waals surface area (Å²) in [5, 5.41) is 8.96. The van der Waals surface area contributed by atoms with Crippen LogP contribution in [0.5, 0.6) is 0 Å². The summed E-state index contributed by atoms with van der Waals surface area (Å²) in [6, 6.07) is 10.6.